The normalized spacial score (nSPS) is 14.0. The van der Waals surface area contributed by atoms with E-state index in [1.165, 1.54) is 11.3 Å². The molecule has 1 saturated heterocycles. The molecule has 0 aliphatic carbocycles. The van der Waals surface area contributed by atoms with Crippen LogP contribution < -0.4 is 16.0 Å². The summed E-state index contributed by atoms with van der Waals surface area (Å²) in [5.41, 5.74) is 10.1. The summed E-state index contributed by atoms with van der Waals surface area (Å²) in [4.78, 5) is 16.9. The second kappa shape index (κ2) is 11.9. The Kier molecular flexibility index (Phi) is 10.3. The van der Waals surface area contributed by atoms with Crippen molar-refractivity contribution >= 4 is 42.1 Å². The van der Waals surface area contributed by atoms with E-state index in [9.17, 15) is 4.79 Å². The lowest BCUT2D eigenvalue weighted by Crippen LogP contribution is -2.47. The minimum atomic E-state index is 0. The van der Waals surface area contributed by atoms with Crippen molar-refractivity contribution in [1.82, 2.24) is 4.90 Å². The topological polar surface area (TPSA) is 61.6 Å². The number of nitrogens with two attached hydrogens (primary N) is 1. The standard InChI is InChI=1S/C21H28N4O.2ClH/c1-17-3-2-4-20(15-17)25-13-11-24(12-14-25)10-9-21(26)23-19-7-5-18(16-22)6-8-19;;/h2-8,15H,9-14,16,22H2,1H3,(H,23,26);2*1H. The fourth-order valence-electron chi connectivity index (χ4n) is 3.26. The van der Waals surface area contributed by atoms with Gasteiger partial charge < -0.3 is 16.0 Å². The molecule has 0 atom stereocenters. The monoisotopic (exact) mass is 424 g/mol. The molecule has 0 bridgehead atoms. The largest absolute Gasteiger partial charge is 0.369 e. The number of nitrogens with one attached hydrogen (secondary N) is 1. The second-order valence-corrected chi connectivity index (χ2v) is 6.87. The molecule has 1 heterocycles. The zero-order chi connectivity index (χ0) is 18.4. The molecule has 0 unspecified atom stereocenters. The number of hydrogen-bond acceptors (Lipinski definition) is 4. The average molecular weight is 425 g/mol. The Labute approximate surface area is 180 Å². The Morgan fingerprint density at radius 2 is 1.71 bits per heavy atom. The first-order valence-electron chi connectivity index (χ1n) is 9.27. The van der Waals surface area contributed by atoms with Crippen molar-refractivity contribution in [2.24, 2.45) is 5.73 Å². The van der Waals surface area contributed by atoms with Crippen molar-refractivity contribution in [2.45, 2.75) is 19.9 Å². The highest BCUT2D eigenvalue weighted by atomic mass is 35.5. The predicted octanol–water partition coefficient (Wildman–Crippen LogP) is 3.45. The van der Waals surface area contributed by atoms with Gasteiger partial charge in [0.05, 0.1) is 0 Å². The summed E-state index contributed by atoms with van der Waals surface area (Å²) in [6.07, 6.45) is 0.517. The third-order valence-electron chi connectivity index (χ3n) is 4.87. The number of carbonyl (C=O) groups is 1. The lowest BCUT2D eigenvalue weighted by molar-refractivity contribution is -0.116. The van der Waals surface area contributed by atoms with E-state index >= 15 is 0 Å². The van der Waals surface area contributed by atoms with Crippen LogP contribution in [0.4, 0.5) is 11.4 Å². The Hall–Kier alpha value is -1.79. The third kappa shape index (κ3) is 6.99. The van der Waals surface area contributed by atoms with Gasteiger partial charge in [-0.3, -0.25) is 9.69 Å². The highest BCUT2D eigenvalue weighted by Gasteiger charge is 2.17. The smallest absolute Gasteiger partial charge is 0.225 e. The average Bonchev–Trinajstić information content (AvgIpc) is 2.67. The van der Waals surface area contributed by atoms with E-state index in [0.29, 0.717) is 13.0 Å². The zero-order valence-corrected chi connectivity index (χ0v) is 17.9. The maximum atomic E-state index is 12.2. The van der Waals surface area contributed by atoms with Crippen LogP contribution in [0, 0.1) is 6.92 Å². The van der Waals surface area contributed by atoms with Gasteiger partial charge in [-0.05, 0) is 42.3 Å². The number of nitrogens with zero attached hydrogens (tertiary/aromatic N) is 2. The van der Waals surface area contributed by atoms with E-state index in [2.05, 4.69) is 46.3 Å². The molecular formula is C21H30Cl2N4O. The Morgan fingerprint density at radius 1 is 1.04 bits per heavy atom. The molecule has 5 nitrogen and oxygen atoms in total. The van der Waals surface area contributed by atoms with Crippen LogP contribution in [0.25, 0.3) is 0 Å². The van der Waals surface area contributed by atoms with E-state index in [-0.39, 0.29) is 30.7 Å². The molecule has 7 heteroatoms. The Bertz CT molecular complexity index is 731. The van der Waals surface area contributed by atoms with Crippen molar-refractivity contribution in [1.29, 1.82) is 0 Å². The number of benzene rings is 2. The van der Waals surface area contributed by atoms with Gasteiger partial charge in [-0.1, -0.05) is 24.3 Å². The van der Waals surface area contributed by atoms with Crippen LogP contribution in [-0.4, -0.2) is 43.5 Å². The number of anilines is 2. The molecule has 2 aromatic carbocycles. The van der Waals surface area contributed by atoms with Gasteiger partial charge in [-0.2, -0.15) is 0 Å². The first kappa shape index (κ1) is 24.2. The molecule has 28 heavy (non-hydrogen) atoms. The van der Waals surface area contributed by atoms with Crippen LogP contribution >= 0.6 is 24.8 Å². The van der Waals surface area contributed by atoms with Gasteiger partial charge in [0.15, 0.2) is 0 Å². The van der Waals surface area contributed by atoms with Crippen LogP contribution in [0.15, 0.2) is 48.5 Å². The van der Waals surface area contributed by atoms with Crippen LogP contribution in [0.3, 0.4) is 0 Å². The van der Waals surface area contributed by atoms with Crippen LogP contribution in [0.1, 0.15) is 17.5 Å². The number of rotatable bonds is 6. The molecule has 1 aliphatic rings. The summed E-state index contributed by atoms with van der Waals surface area (Å²) in [5, 5.41) is 2.96. The van der Waals surface area contributed by atoms with E-state index in [0.717, 1.165) is 44.0 Å². The molecule has 1 aliphatic heterocycles. The molecule has 0 radical (unpaired) electrons. The number of carbonyl (C=O) groups excluding carboxylic acids is 1. The molecule has 0 saturated carbocycles. The molecule has 154 valence electrons. The minimum absolute atomic E-state index is 0. The number of piperazine rings is 1. The van der Waals surface area contributed by atoms with Gasteiger partial charge >= 0.3 is 0 Å². The van der Waals surface area contributed by atoms with Gasteiger partial charge in [0, 0.05) is 57.1 Å². The SMILES string of the molecule is Cc1cccc(N2CCN(CCC(=O)Nc3ccc(CN)cc3)CC2)c1.Cl.Cl. The third-order valence-corrected chi connectivity index (χ3v) is 4.87. The molecule has 0 spiro atoms. The van der Waals surface area contributed by atoms with Gasteiger partial charge in [0.2, 0.25) is 5.91 Å². The number of halogens is 2. The summed E-state index contributed by atoms with van der Waals surface area (Å²) in [7, 11) is 0. The lowest BCUT2D eigenvalue weighted by atomic mass is 10.2. The van der Waals surface area contributed by atoms with Gasteiger partial charge in [0.25, 0.3) is 0 Å². The van der Waals surface area contributed by atoms with Crippen molar-refractivity contribution in [2.75, 3.05) is 42.9 Å². The molecule has 1 amide bonds. The van der Waals surface area contributed by atoms with Crippen LogP contribution in [0.5, 0.6) is 0 Å². The van der Waals surface area contributed by atoms with Gasteiger partial charge in [-0.15, -0.1) is 24.8 Å². The minimum Gasteiger partial charge on any atom is -0.369 e. The van der Waals surface area contributed by atoms with Gasteiger partial charge in [0.1, 0.15) is 0 Å². The number of amides is 1. The maximum Gasteiger partial charge on any atom is 0.225 e. The molecule has 2 aromatic rings. The molecule has 0 aromatic heterocycles. The quantitative estimate of drug-likeness (QED) is 0.745. The summed E-state index contributed by atoms with van der Waals surface area (Å²) < 4.78 is 0. The van der Waals surface area contributed by atoms with E-state index in [1.807, 2.05) is 24.3 Å². The molecule has 3 rings (SSSR count). The Morgan fingerprint density at radius 3 is 2.32 bits per heavy atom. The van der Waals surface area contributed by atoms with Crippen LogP contribution in [0.2, 0.25) is 0 Å². The second-order valence-electron chi connectivity index (χ2n) is 6.87. The summed E-state index contributed by atoms with van der Waals surface area (Å²) >= 11 is 0. The first-order valence-corrected chi connectivity index (χ1v) is 9.27. The van der Waals surface area contributed by atoms with Crippen LogP contribution in [-0.2, 0) is 11.3 Å². The molecule has 1 fully saturated rings. The highest BCUT2D eigenvalue weighted by molar-refractivity contribution is 5.90. The fourth-order valence-corrected chi connectivity index (χ4v) is 3.26. The molecule has 3 N–H and O–H groups in total. The number of aryl methyl sites for hydroxylation is 1. The van der Waals surface area contributed by atoms with Crippen molar-refractivity contribution < 1.29 is 4.79 Å². The van der Waals surface area contributed by atoms with E-state index < -0.39 is 0 Å². The molecular weight excluding hydrogens is 395 g/mol. The number of hydrogen-bond donors (Lipinski definition) is 2. The first-order chi connectivity index (χ1) is 12.6. The fraction of sp³-hybridized carbons (Fsp3) is 0.381. The van der Waals surface area contributed by atoms with Crippen molar-refractivity contribution in [3.63, 3.8) is 0 Å². The zero-order valence-electron chi connectivity index (χ0n) is 16.3. The van der Waals surface area contributed by atoms with Crippen molar-refractivity contribution in [3.8, 4) is 0 Å². The van der Waals surface area contributed by atoms with E-state index in [1.54, 1.807) is 0 Å². The summed E-state index contributed by atoms with van der Waals surface area (Å²) in [6, 6.07) is 16.3. The summed E-state index contributed by atoms with van der Waals surface area (Å²) in [5.74, 6) is 0.0617. The van der Waals surface area contributed by atoms with Crippen molar-refractivity contribution in [3.05, 3.63) is 59.7 Å². The van der Waals surface area contributed by atoms with E-state index in [4.69, 9.17) is 5.73 Å². The highest BCUT2D eigenvalue weighted by Crippen LogP contribution is 2.18. The predicted molar refractivity (Wildman–Crippen MR) is 122 cm³/mol. The van der Waals surface area contributed by atoms with Gasteiger partial charge in [-0.25, -0.2) is 0 Å². The maximum absolute atomic E-state index is 12.2. The summed E-state index contributed by atoms with van der Waals surface area (Å²) in [6.45, 7) is 7.44. The lowest BCUT2D eigenvalue weighted by Gasteiger charge is -2.36. The Balaban J connectivity index is 0.00000196.